The molecule has 2 saturated heterocycles. The van der Waals surface area contributed by atoms with E-state index in [-0.39, 0.29) is 7.33 Å². The molecule has 8 heteroatoms. The molecule has 35 heavy (non-hydrogen) atoms. The molecule has 0 saturated carbocycles. The molecule has 1 aromatic heterocycles. The van der Waals surface area contributed by atoms with Gasteiger partial charge in [0.1, 0.15) is 5.82 Å². The van der Waals surface area contributed by atoms with Gasteiger partial charge in [-0.2, -0.15) is 0 Å². The summed E-state index contributed by atoms with van der Waals surface area (Å²) in [5, 5.41) is 4.13. The maximum absolute atomic E-state index is 12.1. The number of benzene rings is 1. The summed E-state index contributed by atoms with van der Waals surface area (Å²) in [5.41, 5.74) is 1.86. The fraction of sp³-hybridized carbons (Fsp3) is 0.556. The number of nitrogens with one attached hydrogen (secondary N) is 1. The number of aromatic nitrogens is 1. The van der Waals surface area contributed by atoms with E-state index in [1.165, 1.54) is 18.4 Å². The van der Waals surface area contributed by atoms with Crippen LogP contribution in [0, 0.1) is 0 Å². The molecule has 3 heterocycles. The minimum atomic E-state index is -0.139. The molecular weight excluding hydrogens is 481 g/mol. The number of likely N-dealkylation sites (tertiary alicyclic amines) is 1. The Hall–Kier alpha value is -1.86. The Kier molecular flexibility index (Phi) is 8.92. The Balaban J connectivity index is 0.00000361. The van der Waals surface area contributed by atoms with Gasteiger partial charge in [-0.05, 0) is 56.9 Å². The highest BCUT2D eigenvalue weighted by molar-refractivity contribution is 6.33. The minimum absolute atomic E-state index is 0. The number of rotatable bonds is 7. The number of nitrogens with zero attached hydrogens (tertiary/aromatic N) is 4. The highest BCUT2D eigenvalue weighted by Crippen LogP contribution is 2.32. The number of carbonyl (C=O) groups is 1. The van der Waals surface area contributed by atoms with Gasteiger partial charge in [-0.3, -0.25) is 14.6 Å². The highest BCUT2D eigenvalue weighted by Gasteiger charge is 2.34. The highest BCUT2D eigenvalue weighted by atomic mass is 35.5. The van der Waals surface area contributed by atoms with Crippen LogP contribution in [0.5, 0.6) is 0 Å². The maximum atomic E-state index is 12.1. The number of hydrogen-bond acceptors (Lipinski definition) is 5. The third kappa shape index (κ3) is 6.11. The summed E-state index contributed by atoms with van der Waals surface area (Å²) in [6.07, 6.45) is 5.11. The number of piperidine rings is 1. The SMILES string of the molecule is CCNC(=O)c1cnc(N2CCN(C3CCN([C@@H](CC)c4ccc(Cl)cc4)CC3)[C@@H](C)C2)c(Cl)c1.[HH]. The summed E-state index contributed by atoms with van der Waals surface area (Å²) >= 11 is 12.7. The molecule has 6 nitrogen and oxygen atoms in total. The van der Waals surface area contributed by atoms with Crippen molar-refractivity contribution < 1.29 is 6.22 Å². The van der Waals surface area contributed by atoms with Gasteiger partial charge in [0, 0.05) is 70.0 Å². The predicted octanol–water partition coefficient (Wildman–Crippen LogP) is 5.51. The summed E-state index contributed by atoms with van der Waals surface area (Å²) < 4.78 is 0. The van der Waals surface area contributed by atoms with Crippen LogP contribution in [-0.4, -0.2) is 72.0 Å². The smallest absolute Gasteiger partial charge is 0.252 e. The molecule has 0 radical (unpaired) electrons. The number of halogens is 2. The molecule has 1 aromatic carbocycles. The predicted molar refractivity (Wildman–Crippen MR) is 147 cm³/mol. The Morgan fingerprint density at radius 2 is 1.86 bits per heavy atom. The van der Waals surface area contributed by atoms with Crippen LogP contribution in [0.2, 0.25) is 10.0 Å². The number of hydrogen-bond donors (Lipinski definition) is 1. The van der Waals surface area contributed by atoms with E-state index in [1.807, 2.05) is 19.1 Å². The van der Waals surface area contributed by atoms with Crippen molar-refractivity contribution in [2.75, 3.05) is 44.2 Å². The van der Waals surface area contributed by atoms with Crippen LogP contribution in [0.1, 0.15) is 63.4 Å². The zero-order chi connectivity index (χ0) is 24.9. The largest absolute Gasteiger partial charge is 0.353 e. The van der Waals surface area contributed by atoms with Crippen molar-refractivity contribution in [1.29, 1.82) is 0 Å². The Bertz CT molecular complexity index is 1000. The van der Waals surface area contributed by atoms with E-state index in [1.54, 1.807) is 12.3 Å². The number of pyridine rings is 1. The average molecular weight is 521 g/mol. The quantitative estimate of drug-likeness (QED) is 0.522. The molecule has 0 unspecified atom stereocenters. The van der Waals surface area contributed by atoms with Crippen LogP contribution in [0.3, 0.4) is 0 Å². The molecule has 0 spiro atoms. The number of carbonyl (C=O) groups excluding carboxylic acids is 1. The Morgan fingerprint density at radius 1 is 1.14 bits per heavy atom. The monoisotopic (exact) mass is 519 g/mol. The van der Waals surface area contributed by atoms with E-state index < -0.39 is 0 Å². The van der Waals surface area contributed by atoms with Crippen LogP contribution in [0.15, 0.2) is 36.5 Å². The molecule has 2 atom stereocenters. The standard InChI is InChI=1S/C27H37Cl2N5O.H2/c1-4-25(20-6-8-22(28)9-7-20)32-12-10-23(11-13-32)34-15-14-33(18-19(34)3)26-24(29)16-21(17-31-26)27(35)30-5-2;/h6-9,16-17,19,23,25H,4-5,10-15,18H2,1-3H3,(H,30,35);1H/t19-,25-;/m0./s1. The second-order valence-corrected chi connectivity index (χ2v) is 10.5. The molecular formula is C27H39Cl2N5O. The molecule has 0 aliphatic carbocycles. The van der Waals surface area contributed by atoms with Gasteiger partial charge in [-0.1, -0.05) is 42.3 Å². The normalized spacial score (nSPS) is 21.2. The van der Waals surface area contributed by atoms with Crippen molar-refractivity contribution in [2.24, 2.45) is 0 Å². The summed E-state index contributed by atoms with van der Waals surface area (Å²) in [6, 6.07) is 11.6. The van der Waals surface area contributed by atoms with E-state index in [9.17, 15) is 4.79 Å². The number of piperazine rings is 1. The van der Waals surface area contributed by atoms with Gasteiger partial charge in [0.2, 0.25) is 0 Å². The fourth-order valence-corrected chi connectivity index (χ4v) is 6.09. The molecule has 2 fully saturated rings. The summed E-state index contributed by atoms with van der Waals surface area (Å²) in [5.74, 6) is 0.633. The van der Waals surface area contributed by atoms with Crippen molar-refractivity contribution in [3.05, 3.63) is 57.7 Å². The zero-order valence-corrected chi connectivity index (χ0v) is 22.5. The molecule has 4 rings (SSSR count). The van der Waals surface area contributed by atoms with Gasteiger partial charge in [0.15, 0.2) is 0 Å². The van der Waals surface area contributed by atoms with E-state index in [0.29, 0.717) is 35.3 Å². The van der Waals surface area contributed by atoms with Crippen LogP contribution >= 0.6 is 23.2 Å². The van der Waals surface area contributed by atoms with Gasteiger partial charge in [0.25, 0.3) is 5.91 Å². The van der Waals surface area contributed by atoms with Crippen molar-refractivity contribution in [3.8, 4) is 0 Å². The topological polar surface area (TPSA) is 51.7 Å². The Labute approximate surface area is 221 Å². The maximum Gasteiger partial charge on any atom is 0.252 e. The minimum Gasteiger partial charge on any atom is -0.353 e. The van der Waals surface area contributed by atoms with E-state index in [4.69, 9.17) is 23.2 Å². The molecule has 1 N–H and O–H groups in total. The lowest BCUT2D eigenvalue weighted by atomic mass is 9.95. The van der Waals surface area contributed by atoms with E-state index >= 15 is 0 Å². The number of anilines is 1. The van der Waals surface area contributed by atoms with Gasteiger partial charge in [0.05, 0.1) is 10.6 Å². The summed E-state index contributed by atoms with van der Waals surface area (Å²) in [7, 11) is 0. The van der Waals surface area contributed by atoms with Crippen molar-refractivity contribution in [1.82, 2.24) is 20.1 Å². The van der Waals surface area contributed by atoms with Gasteiger partial charge >= 0.3 is 0 Å². The summed E-state index contributed by atoms with van der Waals surface area (Å²) in [4.78, 5) is 24.2. The zero-order valence-electron chi connectivity index (χ0n) is 21.0. The third-order valence-electron chi connectivity index (χ3n) is 7.45. The van der Waals surface area contributed by atoms with Crippen LogP contribution in [-0.2, 0) is 0 Å². The molecule has 2 aromatic rings. The third-order valence-corrected chi connectivity index (χ3v) is 7.98. The lowest BCUT2D eigenvalue weighted by Crippen LogP contribution is -2.57. The van der Waals surface area contributed by atoms with Gasteiger partial charge in [-0.15, -0.1) is 0 Å². The van der Waals surface area contributed by atoms with Crippen molar-refractivity contribution in [2.45, 2.75) is 58.2 Å². The molecule has 0 bridgehead atoms. The Morgan fingerprint density at radius 3 is 2.46 bits per heavy atom. The number of amides is 1. The second-order valence-electron chi connectivity index (χ2n) is 9.66. The van der Waals surface area contributed by atoms with Crippen molar-refractivity contribution >= 4 is 34.9 Å². The molecule has 1 amide bonds. The fourth-order valence-electron chi connectivity index (χ4n) is 5.68. The molecule has 2 aliphatic heterocycles. The van der Waals surface area contributed by atoms with E-state index in [0.717, 1.165) is 50.0 Å². The van der Waals surface area contributed by atoms with Crippen LogP contribution in [0.25, 0.3) is 0 Å². The average Bonchev–Trinajstić information content (AvgIpc) is 2.86. The first-order valence-electron chi connectivity index (χ1n) is 12.8. The lowest BCUT2D eigenvalue weighted by Gasteiger charge is -2.47. The summed E-state index contributed by atoms with van der Waals surface area (Å²) in [6.45, 7) is 12.1. The lowest BCUT2D eigenvalue weighted by molar-refractivity contribution is 0.0543. The van der Waals surface area contributed by atoms with E-state index in [2.05, 4.69) is 51.0 Å². The first-order valence-corrected chi connectivity index (χ1v) is 13.6. The van der Waals surface area contributed by atoms with Crippen LogP contribution in [0.4, 0.5) is 5.82 Å². The van der Waals surface area contributed by atoms with Gasteiger partial charge < -0.3 is 10.2 Å². The first-order chi connectivity index (χ1) is 16.9. The second kappa shape index (κ2) is 11.9. The first kappa shape index (κ1) is 26.2. The molecule has 2 aliphatic rings. The van der Waals surface area contributed by atoms with Gasteiger partial charge in [-0.25, -0.2) is 4.98 Å². The van der Waals surface area contributed by atoms with Crippen LogP contribution < -0.4 is 10.2 Å². The van der Waals surface area contributed by atoms with Crippen molar-refractivity contribution in [3.63, 3.8) is 0 Å². The molecule has 192 valence electrons.